The third-order valence-corrected chi connectivity index (χ3v) is 5.73. The molecule has 1 aliphatic rings. The molecule has 8 heteroatoms. The fraction of sp³-hybridized carbons (Fsp3) is 0.381. The van der Waals surface area contributed by atoms with Crippen LogP contribution in [0, 0.1) is 6.92 Å². The van der Waals surface area contributed by atoms with Gasteiger partial charge in [0.15, 0.2) is 11.2 Å². The SMILES string of the molecule is Cc1cn2c3c(=O)n(Cc4ccccc4)c(=O)n(C)c3nc2n1C[C@H]1CCCO1. The van der Waals surface area contributed by atoms with Crippen LogP contribution in [-0.2, 0) is 24.9 Å². The maximum Gasteiger partial charge on any atom is 0.332 e. The summed E-state index contributed by atoms with van der Waals surface area (Å²) in [4.78, 5) is 30.9. The van der Waals surface area contributed by atoms with Crippen molar-refractivity contribution in [3.05, 3.63) is 68.6 Å². The van der Waals surface area contributed by atoms with Crippen LogP contribution in [0.4, 0.5) is 0 Å². The number of fused-ring (bicyclic) bond motifs is 3. The Morgan fingerprint density at radius 1 is 1.17 bits per heavy atom. The van der Waals surface area contributed by atoms with Crippen LogP contribution in [0.5, 0.6) is 0 Å². The summed E-state index contributed by atoms with van der Waals surface area (Å²) in [5.74, 6) is 0.664. The molecule has 1 aromatic carbocycles. The molecule has 150 valence electrons. The maximum atomic E-state index is 13.3. The van der Waals surface area contributed by atoms with E-state index in [0.29, 0.717) is 23.5 Å². The highest BCUT2D eigenvalue weighted by Crippen LogP contribution is 2.20. The molecule has 0 spiro atoms. The number of nitrogens with zero attached hydrogens (tertiary/aromatic N) is 5. The van der Waals surface area contributed by atoms with E-state index in [2.05, 4.69) is 9.55 Å². The van der Waals surface area contributed by atoms with E-state index in [-0.39, 0.29) is 23.9 Å². The molecule has 0 radical (unpaired) electrons. The van der Waals surface area contributed by atoms with E-state index < -0.39 is 0 Å². The highest BCUT2D eigenvalue weighted by atomic mass is 16.5. The van der Waals surface area contributed by atoms with Crippen LogP contribution in [0.3, 0.4) is 0 Å². The minimum Gasteiger partial charge on any atom is -0.376 e. The molecule has 0 N–H and O–H groups in total. The number of rotatable bonds is 4. The number of imidazole rings is 2. The van der Waals surface area contributed by atoms with Gasteiger partial charge in [0.05, 0.1) is 19.2 Å². The minimum atomic E-state index is -0.366. The van der Waals surface area contributed by atoms with Crippen molar-refractivity contribution in [3.63, 3.8) is 0 Å². The Balaban J connectivity index is 1.71. The highest BCUT2D eigenvalue weighted by Gasteiger charge is 2.23. The molecular formula is C21H23N5O3. The van der Waals surface area contributed by atoms with Gasteiger partial charge in [0.2, 0.25) is 5.78 Å². The van der Waals surface area contributed by atoms with Crippen LogP contribution >= 0.6 is 0 Å². The zero-order valence-electron chi connectivity index (χ0n) is 16.5. The quantitative estimate of drug-likeness (QED) is 0.529. The van der Waals surface area contributed by atoms with E-state index in [9.17, 15) is 9.59 Å². The number of hydrogen-bond donors (Lipinski definition) is 0. The first-order valence-electron chi connectivity index (χ1n) is 9.88. The lowest BCUT2D eigenvalue weighted by Gasteiger charge is -2.11. The maximum absolute atomic E-state index is 13.3. The Morgan fingerprint density at radius 3 is 2.69 bits per heavy atom. The lowest BCUT2D eigenvalue weighted by atomic mass is 10.2. The van der Waals surface area contributed by atoms with Gasteiger partial charge in [0.25, 0.3) is 5.56 Å². The molecule has 1 fully saturated rings. The Kier molecular flexibility index (Phi) is 4.16. The minimum absolute atomic E-state index is 0.156. The van der Waals surface area contributed by atoms with Crippen LogP contribution in [0.1, 0.15) is 24.1 Å². The Hall–Kier alpha value is -3.13. The smallest absolute Gasteiger partial charge is 0.332 e. The van der Waals surface area contributed by atoms with E-state index in [1.807, 2.05) is 47.9 Å². The van der Waals surface area contributed by atoms with Gasteiger partial charge in [-0.25, -0.2) is 4.79 Å². The fourth-order valence-electron chi connectivity index (χ4n) is 4.18. The Morgan fingerprint density at radius 2 is 1.97 bits per heavy atom. The van der Waals surface area contributed by atoms with E-state index in [1.165, 1.54) is 9.13 Å². The van der Waals surface area contributed by atoms with Gasteiger partial charge >= 0.3 is 5.69 Å². The Labute approximate surface area is 166 Å². The van der Waals surface area contributed by atoms with Gasteiger partial charge in [-0.1, -0.05) is 30.3 Å². The second-order valence-electron chi connectivity index (χ2n) is 7.69. The average Bonchev–Trinajstić information content (AvgIpc) is 3.42. The van der Waals surface area contributed by atoms with Crippen molar-refractivity contribution < 1.29 is 4.74 Å². The summed E-state index contributed by atoms with van der Waals surface area (Å²) >= 11 is 0. The topological polar surface area (TPSA) is 75.5 Å². The molecule has 0 unspecified atom stereocenters. The molecule has 0 bridgehead atoms. The van der Waals surface area contributed by atoms with Gasteiger partial charge in [-0.15, -0.1) is 0 Å². The zero-order valence-corrected chi connectivity index (χ0v) is 16.5. The number of aromatic nitrogens is 5. The van der Waals surface area contributed by atoms with Crippen molar-refractivity contribution in [1.82, 2.24) is 23.1 Å². The lowest BCUT2D eigenvalue weighted by Crippen LogP contribution is -2.39. The highest BCUT2D eigenvalue weighted by molar-refractivity contribution is 5.75. The van der Waals surface area contributed by atoms with Crippen LogP contribution in [0.15, 0.2) is 46.1 Å². The summed E-state index contributed by atoms with van der Waals surface area (Å²) < 4.78 is 12.4. The van der Waals surface area contributed by atoms with Crippen molar-refractivity contribution in [2.45, 2.75) is 39.0 Å². The largest absolute Gasteiger partial charge is 0.376 e. The van der Waals surface area contributed by atoms with Crippen LogP contribution < -0.4 is 11.2 Å². The van der Waals surface area contributed by atoms with Crippen molar-refractivity contribution in [1.29, 1.82) is 0 Å². The second-order valence-corrected chi connectivity index (χ2v) is 7.69. The summed E-state index contributed by atoms with van der Waals surface area (Å²) in [7, 11) is 1.66. The predicted molar refractivity (Wildman–Crippen MR) is 109 cm³/mol. The summed E-state index contributed by atoms with van der Waals surface area (Å²) in [5, 5.41) is 0. The third kappa shape index (κ3) is 2.82. The second kappa shape index (κ2) is 6.73. The molecule has 29 heavy (non-hydrogen) atoms. The van der Waals surface area contributed by atoms with E-state index in [4.69, 9.17) is 4.74 Å². The van der Waals surface area contributed by atoms with Gasteiger partial charge in [0, 0.05) is 25.5 Å². The molecule has 0 aliphatic carbocycles. The van der Waals surface area contributed by atoms with Crippen LogP contribution in [0.2, 0.25) is 0 Å². The number of hydrogen-bond acceptors (Lipinski definition) is 4. The standard InChI is InChI=1S/C21H23N5O3/c1-14-11-25-17-18(22-20(25)24(14)13-16-9-6-10-29-16)23(2)21(28)26(19(17)27)12-15-7-4-3-5-8-15/h3-5,7-8,11,16H,6,9-10,12-13H2,1-2H3/t16-/m1/s1. The normalized spacial score (nSPS) is 17.0. The zero-order chi connectivity index (χ0) is 20.1. The van der Waals surface area contributed by atoms with Crippen LogP contribution in [-0.4, -0.2) is 35.8 Å². The summed E-state index contributed by atoms with van der Waals surface area (Å²) in [6.07, 6.45) is 4.16. The van der Waals surface area contributed by atoms with Gasteiger partial charge < -0.3 is 9.30 Å². The van der Waals surface area contributed by atoms with E-state index in [1.54, 1.807) is 7.05 Å². The fourth-order valence-corrected chi connectivity index (χ4v) is 4.18. The molecule has 8 nitrogen and oxygen atoms in total. The molecule has 1 aliphatic heterocycles. The number of benzene rings is 1. The van der Waals surface area contributed by atoms with E-state index in [0.717, 1.165) is 30.7 Å². The summed E-state index contributed by atoms with van der Waals surface area (Å²) in [6.45, 7) is 3.71. The average molecular weight is 393 g/mol. The van der Waals surface area contributed by atoms with Gasteiger partial charge in [-0.3, -0.25) is 18.3 Å². The molecule has 0 saturated carbocycles. The lowest BCUT2D eigenvalue weighted by molar-refractivity contribution is 0.0974. The third-order valence-electron chi connectivity index (χ3n) is 5.73. The van der Waals surface area contributed by atoms with Crippen molar-refractivity contribution in [2.24, 2.45) is 7.05 Å². The monoisotopic (exact) mass is 393 g/mol. The molecule has 4 aromatic rings. The van der Waals surface area contributed by atoms with Gasteiger partial charge in [0.1, 0.15) is 0 Å². The van der Waals surface area contributed by atoms with Crippen molar-refractivity contribution in [3.8, 4) is 0 Å². The first-order valence-corrected chi connectivity index (χ1v) is 9.88. The number of ether oxygens (including phenoxy) is 1. The van der Waals surface area contributed by atoms with Gasteiger partial charge in [-0.05, 0) is 25.3 Å². The molecule has 1 atom stereocenters. The summed E-state index contributed by atoms with van der Waals surface area (Å²) in [5.41, 5.74) is 2.04. The molecule has 3 aromatic heterocycles. The molecule has 1 saturated heterocycles. The van der Waals surface area contributed by atoms with E-state index >= 15 is 0 Å². The molecule has 0 amide bonds. The predicted octanol–water partition coefficient (Wildman–Crippen LogP) is 1.69. The molecule has 4 heterocycles. The summed E-state index contributed by atoms with van der Waals surface area (Å²) in [6, 6.07) is 9.52. The van der Waals surface area contributed by atoms with Gasteiger partial charge in [-0.2, -0.15) is 4.98 Å². The van der Waals surface area contributed by atoms with Crippen LogP contribution in [0.25, 0.3) is 16.9 Å². The van der Waals surface area contributed by atoms with Crippen molar-refractivity contribution in [2.75, 3.05) is 6.61 Å². The van der Waals surface area contributed by atoms with Crippen molar-refractivity contribution >= 4 is 16.9 Å². The number of aryl methyl sites for hydroxylation is 2. The first-order chi connectivity index (χ1) is 14.0. The molecule has 5 rings (SSSR count). The first kappa shape index (κ1) is 17.9. The Bertz CT molecular complexity index is 1320. The molecular weight excluding hydrogens is 370 g/mol.